The van der Waals surface area contributed by atoms with Crippen molar-refractivity contribution >= 4 is 11.6 Å². The van der Waals surface area contributed by atoms with Crippen LogP contribution in [0.3, 0.4) is 0 Å². The van der Waals surface area contributed by atoms with Crippen LogP contribution in [0.5, 0.6) is 0 Å². The van der Waals surface area contributed by atoms with Gasteiger partial charge in [-0.25, -0.2) is 0 Å². The molecule has 1 aliphatic heterocycles. The summed E-state index contributed by atoms with van der Waals surface area (Å²) in [6.45, 7) is 5.35. The number of halogens is 3. The number of Topliss-reactive ketones (excluding diaryl/α,β-unsaturated/α-hetero) is 2. The summed E-state index contributed by atoms with van der Waals surface area (Å²) in [6, 6.07) is 0. The molecule has 0 aliphatic carbocycles. The van der Waals surface area contributed by atoms with Crippen molar-refractivity contribution in [3.63, 3.8) is 0 Å². The van der Waals surface area contributed by atoms with Gasteiger partial charge < -0.3 is 4.74 Å². The van der Waals surface area contributed by atoms with Gasteiger partial charge in [0.15, 0.2) is 5.78 Å². The first kappa shape index (κ1) is 13.2. The first-order valence-electron chi connectivity index (χ1n) is 4.75. The van der Waals surface area contributed by atoms with Crippen molar-refractivity contribution in [1.29, 1.82) is 0 Å². The van der Waals surface area contributed by atoms with Gasteiger partial charge in [0, 0.05) is 0 Å². The number of carbonyl (C=O) groups is 2. The molecule has 1 fully saturated rings. The van der Waals surface area contributed by atoms with Gasteiger partial charge in [0.2, 0.25) is 5.78 Å². The SMILES string of the molecule is CC1(C)OC(C)(C)C(C(=O)C(F)(F)F)C1=O. The average molecular weight is 238 g/mol. The van der Waals surface area contributed by atoms with E-state index in [1.807, 2.05) is 0 Å². The fraction of sp³-hybridized carbons (Fsp3) is 0.800. The summed E-state index contributed by atoms with van der Waals surface area (Å²) in [5.74, 6) is -4.63. The van der Waals surface area contributed by atoms with Crippen molar-refractivity contribution in [3.05, 3.63) is 0 Å². The lowest BCUT2D eigenvalue weighted by Gasteiger charge is -2.25. The molecule has 1 atom stereocenters. The van der Waals surface area contributed by atoms with E-state index < -0.39 is 34.9 Å². The van der Waals surface area contributed by atoms with E-state index in [1.165, 1.54) is 27.7 Å². The highest BCUT2D eigenvalue weighted by Gasteiger charge is 2.61. The summed E-state index contributed by atoms with van der Waals surface area (Å²) in [6.07, 6.45) is -5.01. The first-order valence-corrected chi connectivity index (χ1v) is 4.75. The maximum absolute atomic E-state index is 12.3. The van der Waals surface area contributed by atoms with E-state index in [0.29, 0.717) is 0 Å². The Morgan fingerprint density at radius 2 is 1.69 bits per heavy atom. The van der Waals surface area contributed by atoms with Gasteiger partial charge in [-0.2, -0.15) is 13.2 Å². The van der Waals surface area contributed by atoms with E-state index in [2.05, 4.69) is 0 Å². The molecule has 0 saturated carbocycles. The highest BCUT2D eigenvalue weighted by Crippen LogP contribution is 2.42. The van der Waals surface area contributed by atoms with Gasteiger partial charge in [-0.1, -0.05) is 0 Å². The third-order valence-electron chi connectivity index (χ3n) is 2.61. The minimum atomic E-state index is -5.01. The zero-order valence-electron chi connectivity index (χ0n) is 9.44. The predicted molar refractivity (Wildman–Crippen MR) is 48.8 cm³/mol. The van der Waals surface area contributed by atoms with Crippen LogP contribution in [0.25, 0.3) is 0 Å². The molecule has 0 radical (unpaired) electrons. The second-order valence-electron chi connectivity index (χ2n) is 4.88. The normalized spacial score (nSPS) is 28.2. The second kappa shape index (κ2) is 3.29. The minimum absolute atomic E-state index is 0.820. The van der Waals surface area contributed by atoms with Gasteiger partial charge in [0.25, 0.3) is 0 Å². The monoisotopic (exact) mass is 238 g/mol. The van der Waals surface area contributed by atoms with Crippen LogP contribution >= 0.6 is 0 Å². The van der Waals surface area contributed by atoms with Gasteiger partial charge in [0.1, 0.15) is 11.5 Å². The van der Waals surface area contributed by atoms with Gasteiger partial charge in [-0.3, -0.25) is 9.59 Å². The van der Waals surface area contributed by atoms with Crippen LogP contribution in [0, 0.1) is 5.92 Å². The molecule has 92 valence electrons. The van der Waals surface area contributed by atoms with Crippen LogP contribution < -0.4 is 0 Å². The number of ether oxygens (including phenoxy) is 1. The Labute approximate surface area is 91.0 Å². The third kappa shape index (κ3) is 1.98. The molecule has 1 aliphatic rings. The Kier molecular flexibility index (Phi) is 2.71. The summed E-state index contributed by atoms with van der Waals surface area (Å²) >= 11 is 0. The van der Waals surface area contributed by atoms with Crippen molar-refractivity contribution in [3.8, 4) is 0 Å². The summed E-state index contributed by atoms with van der Waals surface area (Å²) in [5.41, 5.74) is -2.78. The maximum Gasteiger partial charge on any atom is 0.450 e. The van der Waals surface area contributed by atoms with Crippen LogP contribution in [-0.4, -0.2) is 28.9 Å². The smallest absolute Gasteiger partial charge is 0.361 e. The summed E-state index contributed by atoms with van der Waals surface area (Å²) in [7, 11) is 0. The van der Waals surface area contributed by atoms with Crippen LogP contribution in [0.2, 0.25) is 0 Å². The highest BCUT2D eigenvalue weighted by atomic mass is 19.4. The number of rotatable bonds is 1. The number of hydrogen-bond acceptors (Lipinski definition) is 3. The molecular weight excluding hydrogens is 225 g/mol. The first-order chi connectivity index (χ1) is 6.89. The number of hydrogen-bond donors (Lipinski definition) is 0. The third-order valence-corrected chi connectivity index (χ3v) is 2.61. The molecule has 0 N–H and O–H groups in total. The quantitative estimate of drug-likeness (QED) is 0.655. The molecule has 0 aromatic heterocycles. The molecule has 1 unspecified atom stereocenters. The molecule has 0 aromatic rings. The molecule has 1 rings (SSSR count). The molecule has 3 nitrogen and oxygen atoms in total. The molecule has 0 spiro atoms. The zero-order chi connectivity index (χ0) is 12.9. The van der Waals surface area contributed by atoms with E-state index in [-0.39, 0.29) is 0 Å². The van der Waals surface area contributed by atoms with Crippen molar-refractivity contribution in [2.24, 2.45) is 5.92 Å². The Morgan fingerprint density at radius 1 is 1.25 bits per heavy atom. The van der Waals surface area contributed by atoms with E-state index in [1.54, 1.807) is 0 Å². The molecule has 0 aromatic carbocycles. The average Bonchev–Trinajstić information content (AvgIpc) is 2.13. The Bertz CT molecular complexity index is 342. The summed E-state index contributed by atoms with van der Waals surface area (Å²) in [4.78, 5) is 22.8. The molecule has 6 heteroatoms. The van der Waals surface area contributed by atoms with E-state index in [9.17, 15) is 22.8 Å². The zero-order valence-corrected chi connectivity index (χ0v) is 9.44. The lowest BCUT2D eigenvalue weighted by Crippen LogP contribution is -2.43. The van der Waals surface area contributed by atoms with Crippen molar-refractivity contribution in [1.82, 2.24) is 0 Å². The maximum atomic E-state index is 12.3. The van der Waals surface area contributed by atoms with E-state index in [4.69, 9.17) is 4.74 Å². The van der Waals surface area contributed by atoms with Crippen LogP contribution in [0.15, 0.2) is 0 Å². The largest absolute Gasteiger partial charge is 0.450 e. The number of ketones is 2. The Morgan fingerprint density at radius 3 is 1.94 bits per heavy atom. The fourth-order valence-corrected chi connectivity index (χ4v) is 2.03. The standard InChI is InChI=1S/C10H13F3O3/c1-8(2)5(7(15)10(11,12)13)6(14)9(3,4)16-8/h5H,1-4H3. The van der Waals surface area contributed by atoms with Crippen LogP contribution in [0.4, 0.5) is 13.2 Å². The van der Waals surface area contributed by atoms with Crippen molar-refractivity contribution < 1.29 is 27.5 Å². The Hall–Kier alpha value is -0.910. The summed E-state index contributed by atoms with van der Waals surface area (Å²) in [5, 5.41) is 0. The van der Waals surface area contributed by atoms with Gasteiger partial charge in [-0.15, -0.1) is 0 Å². The van der Waals surface area contributed by atoms with Crippen molar-refractivity contribution in [2.75, 3.05) is 0 Å². The Balaban J connectivity index is 3.15. The molecule has 0 amide bonds. The number of alkyl halides is 3. The van der Waals surface area contributed by atoms with Gasteiger partial charge >= 0.3 is 6.18 Å². The minimum Gasteiger partial charge on any atom is -0.361 e. The van der Waals surface area contributed by atoms with Crippen LogP contribution in [0.1, 0.15) is 27.7 Å². The van der Waals surface area contributed by atoms with Crippen LogP contribution in [-0.2, 0) is 14.3 Å². The highest BCUT2D eigenvalue weighted by molar-refractivity contribution is 6.10. The molecule has 0 bridgehead atoms. The molecule has 1 saturated heterocycles. The predicted octanol–water partition coefficient (Wildman–Crippen LogP) is 1.89. The van der Waals surface area contributed by atoms with Gasteiger partial charge in [-0.05, 0) is 27.7 Å². The summed E-state index contributed by atoms with van der Waals surface area (Å²) < 4.78 is 42.1. The topological polar surface area (TPSA) is 43.4 Å². The fourth-order valence-electron chi connectivity index (χ4n) is 2.03. The lowest BCUT2D eigenvalue weighted by atomic mass is 9.82. The molecular formula is C10H13F3O3. The lowest BCUT2D eigenvalue weighted by molar-refractivity contribution is -0.180. The molecule has 1 heterocycles. The van der Waals surface area contributed by atoms with E-state index >= 15 is 0 Å². The second-order valence-corrected chi connectivity index (χ2v) is 4.88. The van der Waals surface area contributed by atoms with E-state index in [0.717, 1.165) is 0 Å². The molecule has 16 heavy (non-hydrogen) atoms. The number of carbonyl (C=O) groups excluding carboxylic acids is 2. The van der Waals surface area contributed by atoms with Crippen molar-refractivity contribution in [2.45, 2.75) is 45.1 Å². The van der Waals surface area contributed by atoms with Gasteiger partial charge in [0.05, 0.1) is 5.60 Å².